The van der Waals surface area contributed by atoms with Crippen LogP contribution >= 0.6 is 0 Å². The SMILES string of the molecule is CNCCOCCOc1ccc([N+](=O)[O-])cc1. The van der Waals surface area contributed by atoms with E-state index in [1.165, 1.54) is 12.1 Å². The van der Waals surface area contributed by atoms with Crippen molar-refractivity contribution in [3.63, 3.8) is 0 Å². The van der Waals surface area contributed by atoms with Gasteiger partial charge in [0, 0.05) is 18.7 Å². The summed E-state index contributed by atoms with van der Waals surface area (Å²) in [6, 6.07) is 5.98. The molecular formula is C11H16N2O4. The lowest BCUT2D eigenvalue weighted by Crippen LogP contribution is -2.16. The Labute approximate surface area is 99.7 Å². The first-order valence-corrected chi connectivity index (χ1v) is 5.33. The van der Waals surface area contributed by atoms with Gasteiger partial charge in [-0.2, -0.15) is 0 Å². The van der Waals surface area contributed by atoms with Crippen molar-refractivity contribution in [2.75, 3.05) is 33.4 Å². The molecule has 0 heterocycles. The first kappa shape index (κ1) is 13.4. The molecule has 0 atom stereocenters. The largest absolute Gasteiger partial charge is 0.491 e. The van der Waals surface area contributed by atoms with E-state index < -0.39 is 4.92 Å². The summed E-state index contributed by atoms with van der Waals surface area (Å²) in [6.07, 6.45) is 0. The summed E-state index contributed by atoms with van der Waals surface area (Å²) in [5.41, 5.74) is 0.0580. The predicted molar refractivity (Wildman–Crippen MR) is 63.3 cm³/mol. The molecule has 0 aromatic heterocycles. The van der Waals surface area contributed by atoms with E-state index in [4.69, 9.17) is 9.47 Å². The number of hydrogen-bond acceptors (Lipinski definition) is 5. The number of non-ortho nitro benzene ring substituents is 1. The van der Waals surface area contributed by atoms with Crippen LogP contribution in [0.4, 0.5) is 5.69 Å². The summed E-state index contributed by atoms with van der Waals surface area (Å²) < 4.78 is 10.6. The summed E-state index contributed by atoms with van der Waals surface area (Å²) in [7, 11) is 1.86. The van der Waals surface area contributed by atoms with Crippen molar-refractivity contribution in [1.82, 2.24) is 5.32 Å². The van der Waals surface area contributed by atoms with Crippen LogP contribution in [0.5, 0.6) is 5.75 Å². The minimum absolute atomic E-state index is 0.0580. The third-order valence-electron chi connectivity index (χ3n) is 2.04. The van der Waals surface area contributed by atoms with Gasteiger partial charge in [-0.1, -0.05) is 0 Å². The second kappa shape index (κ2) is 7.59. The molecule has 0 aliphatic carbocycles. The number of hydrogen-bond donors (Lipinski definition) is 1. The summed E-state index contributed by atoms with van der Waals surface area (Å²) in [5, 5.41) is 13.4. The molecule has 0 unspecified atom stereocenters. The van der Waals surface area contributed by atoms with Crippen LogP contribution in [-0.4, -0.2) is 38.3 Å². The summed E-state index contributed by atoms with van der Waals surface area (Å²) in [6.45, 7) is 2.37. The number of benzene rings is 1. The third kappa shape index (κ3) is 5.28. The molecule has 0 saturated heterocycles. The monoisotopic (exact) mass is 240 g/mol. The second-order valence-corrected chi connectivity index (χ2v) is 3.32. The molecular weight excluding hydrogens is 224 g/mol. The fourth-order valence-corrected chi connectivity index (χ4v) is 1.16. The van der Waals surface area contributed by atoms with E-state index in [1.807, 2.05) is 7.05 Å². The van der Waals surface area contributed by atoms with Crippen molar-refractivity contribution in [2.45, 2.75) is 0 Å². The average Bonchev–Trinajstić information content (AvgIpc) is 2.34. The molecule has 1 aromatic carbocycles. The second-order valence-electron chi connectivity index (χ2n) is 3.32. The zero-order chi connectivity index (χ0) is 12.5. The van der Waals surface area contributed by atoms with E-state index in [-0.39, 0.29) is 5.69 Å². The Bertz CT molecular complexity index is 340. The summed E-state index contributed by atoms with van der Waals surface area (Å²) >= 11 is 0. The highest BCUT2D eigenvalue weighted by Crippen LogP contribution is 2.16. The van der Waals surface area contributed by atoms with Crippen LogP contribution < -0.4 is 10.1 Å². The van der Waals surface area contributed by atoms with Crippen molar-refractivity contribution < 1.29 is 14.4 Å². The maximum atomic E-state index is 10.4. The van der Waals surface area contributed by atoms with Gasteiger partial charge in [0.2, 0.25) is 0 Å². The van der Waals surface area contributed by atoms with Crippen LogP contribution in [-0.2, 0) is 4.74 Å². The van der Waals surface area contributed by atoms with E-state index in [9.17, 15) is 10.1 Å². The van der Waals surface area contributed by atoms with E-state index in [2.05, 4.69) is 5.32 Å². The number of nitro groups is 1. The van der Waals surface area contributed by atoms with Crippen molar-refractivity contribution >= 4 is 5.69 Å². The van der Waals surface area contributed by atoms with Crippen molar-refractivity contribution in [2.24, 2.45) is 0 Å². The Morgan fingerprint density at radius 2 is 1.94 bits per heavy atom. The highest BCUT2D eigenvalue weighted by molar-refractivity contribution is 5.35. The maximum Gasteiger partial charge on any atom is 0.269 e. The van der Waals surface area contributed by atoms with Gasteiger partial charge in [-0.3, -0.25) is 10.1 Å². The molecule has 0 bridgehead atoms. The highest BCUT2D eigenvalue weighted by atomic mass is 16.6. The minimum Gasteiger partial charge on any atom is -0.491 e. The van der Waals surface area contributed by atoms with Crippen molar-refractivity contribution in [1.29, 1.82) is 0 Å². The molecule has 0 radical (unpaired) electrons. The van der Waals surface area contributed by atoms with Gasteiger partial charge in [0.1, 0.15) is 12.4 Å². The minimum atomic E-state index is -0.440. The Balaban J connectivity index is 2.21. The lowest BCUT2D eigenvalue weighted by atomic mass is 10.3. The molecule has 0 saturated carbocycles. The van der Waals surface area contributed by atoms with Crippen LogP contribution in [0.1, 0.15) is 0 Å². The number of ether oxygens (including phenoxy) is 2. The van der Waals surface area contributed by atoms with E-state index >= 15 is 0 Å². The first-order chi connectivity index (χ1) is 8.24. The van der Waals surface area contributed by atoms with Gasteiger partial charge in [-0.05, 0) is 19.2 Å². The normalized spacial score (nSPS) is 10.2. The van der Waals surface area contributed by atoms with Gasteiger partial charge in [0.05, 0.1) is 18.1 Å². The number of likely N-dealkylation sites (N-methyl/N-ethyl adjacent to an activating group) is 1. The summed E-state index contributed by atoms with van der Waals surface area (Å²) in [4.78, 5) is 9.97. The maximum absolute atomic E-state index is 10.4. The molecule has 1 N–H and O–H groups in total. The average molecular weight is 240 g/mol. The standard InChI is InChI=1S/C11H16N2O4/c1-12-6-7-16-8-9-17-11-4-2-10(3-5-11)13(14)15/h2-5,12H,6-9H2,1H3. The van der Waals surface area contributed by atoms with Gasteiger partial charge in [-0.25, -0.2) is 0 Å². The van der Waals surface area contributed by atoms with Crippen molar-refractivity contribution in [3.05, 3.63) is 34.4 Å². The van der Waals surface area contributed by atoms with Gasteiger partial charge in [0.25, 0.3) is 5.69 Å². The summed E-state index contributed by atoms with van der Waals surface area (Å²) in [5.74, 6) is 0.604. The van der Waals surface area contributed by atoms with Crippen LogP contribution in [0.2, 0.25) is 0 Å². The molecule has 6 nitrogen and oxygen atoms in total. The molecule has 1 aromatic rings. The molecule has 0 aliphatic rings. The zero-order valence-corrected chi connectivity index (χ0v) is 9.72. The Morgan fingerprint density at radius 3 is 2.53 bits per heavy atom. The number of nitrogens with zero attached hydrogens (tertiary/aromatic N) is 1. The Hall–Kier alpha value is -1.66. The molecule has 17 heavy (non-hydrogen) atoms. The molecule has 0 fully saturated rings. The van der Waals surface area contributed by atoms with Gasteiger partial charge >= 0.3 is 0 Å². The number of nitro benzene ring substituents is 1. The van der Waals surface area contributed by atoms with Crippen molar-refractivity contribution in [3.8, 4) is 5.75 Å². The highest BCUT2D eigenvalue weighted by Gasteiger charge is 2.03. The zero-order valence-electron chi connectivity index (χ0n) is 9.72. The first-order valence-electron chi connectivity index (χ1n) is 5.33. The Morgan fingerprint density at radius 1 is 1.24 bits per heavy atom. The fourth-order valence-electron chi connectivity index (χ4n) is 1.16. The predicted octanol–water partition coefficient (Wildman–Crippen LogP) is 1.21. The van der Waals surface area contributed by atoms with Gasteiger partial charge in [-0.15, -0.1) is 0 Å². The Kier molecular flexibility index (Phi) is 5.98. The smallest absolute Gasteiger partial charge is 0.269 e. The molecule has 94 valence electrons. The molecule has 0 aliphatic heterocycles. The van der Waals surface area contributed by atoms with Crippen LogP contribution in [0, 0.1) is 10.1 Å². The lowest BCUT2D eigenvalue weighted by Gasteiger charge is -2.06. The number of nitrogens with one attached hydrogen (secondary N) is 1. The molecule has 0 amide bonds. The quantitative estimate of drug-likeness (QED) is 0.420. The van der Waals surface area contributed by atoms with Crippen LogP contribution in [0.25, 0.3) is 0 Å². The molecule has 1 rings (SSSR count). The van der Waals surface area contributed by atoms with Gasteiger partial charge in [0.15, 0.2) is 0 Å². The molecule has 6 heteroatoms. The van der Waals surface area contributed by atoms with Gasteiger partial charge < -0.3 is 14.8 Å². The topological polar surface area (TPSA) is 73.6 Å². The molecule has 0 spiro atoms. The van der Waals surface area contributed by atoms with E-state index in [0.29, 0.717) is 25.6 Å². The fraction of sp³-hybridized carbons (Fsp3) is 0.455. The lowest BCUT2D eigenvalue weighted by molar-refractivity contribution is -0.384. The van der Waals surface area contributed by atoms with Crippen LogP contribution in [0.3, 0.4) is 0 Å². The number of rotatable bonds is 8. The van der Waals surface area contributed by atoms with Crippen LogP contribution in [0.15, 0.2) is 24.3 Å². The van der Waals surface area contributed by atoms with E-state index in [1.54, 1.807) is 12.1 Å². The van der Waals surface area contributed by atoms with E-state index in [0.717, 1.165) is 6.54 Å². The third-order valence-corrected chi connectivity index (χ3v) is 2.04.